The predicted octanol–water partition coefficient (Wildman–Crippen LogP) is -0.563. The maximum Gasteiger partial charge on any atom is 0.314 e. The van der Waals surface area contributed by atoms with Crippen molar-refractivity contribution in [3.05, 3.63) is 35.9 Å². The van der Waals surface area contributed by atoms with E-state index in [1.165, 1.54) is 12.0 Å². The van der Waals surface area contributed by atoms with E-state index in [1.54, 1.807) is 0 Å². The molecule has 0 radical (unpaired) electrons. The van der Waals surface area contributed by atoms with Crippen LogP contribution in [0.15, 0.2) is 30.3 Å². The van der Waals surface area contributed by atoms with Gasteiger partial charge in [0.05, 0.1) is 12.6 Å². The number of hydrogen-bond donors (Lipinski definition) is 1. The molecule has 1 aliphatic carbocycles. The van der Waals surface area contributed by atoms with E-state index in [0.29, 0.717) is 18.7 Å². The zero-order valence-electron chi connectivity index (χ0n) is 12.9. The Hall–Kier alpha value is -1.06. The molecule has 1 fully saturated rings. The Bertz CT molecular complexity index is 424. The number of rotatable bonds is 5. The summed E-state index contributed by atoms with van der Waals surface area (Å²) in [6.07, 6.45) is 4.45. The summed E-state index contributed by atoms with van der Waals surface area (Å²) >= 11 is 0. The molecule has 0 saturated heterocycles. The summed E-state index contributed by atoms with van der Waals surface area (Å²) in [4.78, 5) is 12.1. The summed E-state index contributed by atoms with van der Waals surface area (Å²) in [6, 6.07) is 11.2. The van der Waals surface area contributed by atoms with Crippen LogP contribution < -0.4 is 17.7 Å². The average molecular weight is 312 g/mol. The fourth-order valence-corrected chi connectivity index (χ4v) is 3.17. The quantitative estimate of drug-likeness (QED) is 0.741. The van der Waals surface area contributed by atoms with E-state index in [0.717, 1.165) is 19.3 Å². The van der Waals surface area contributed by atoms with Crippen LogP contribution in [0.1, 0.15) is 51.1 Å². The Kier molecular flexibility index (Phi) is 7.76. The van der Waals surface area contributed by atoms with Gasteiger partial charge in [0, 0.05) is 12.0 Å². The van der Waals surface area contributed by atoms with Gasteiger partial charge in [0.1, 0.15) is 12.0 Å². The van der Waals surface area contributed by atoms with Gasteiger partial charge in [-0.1, -0.05) is 36.8 Å². The Labute approximate surface area is 133 Å². The fourth-order valence-electron chi connectivity index (χ4n) is 3.17. The molecule has 2 rings (SSSR count). The Morgan fingerprint density at radius 2 is 1.95 bits per heavy atom. The molecule has 4 heteroatoms. The van der Waals surface area contributed by atoms with Crippen molar-refractivity contribution in [1.29, 1.82) is 0 Å². The van der Waals surface area contributed by atoms with E-state index in [4.69, 9.17) is 4.74 Å². The Morgan fingerprint density at radius 1 is 1.29 bits per heavy atom. The number of nitrogens with two attached hydrogens (primary N) is 1. The van der Waals surface area contributed by atoms with Gasteiger partial charge in [0.2, 0.25) is 0 Å². The minimum absolute atomic E-state index is 0. The molecule has 0 aromatic heterocycles. The molecule has 2 N–H and O–H groups in total. The van der Waals surface area contributed by atoms with Crippen molar-refractivity contribution in [3.63, 3.8) is 0 Å². The topological polar surface area (TPSA) is 42.9 Å². The van der Waals surface area contributed by atoms with Crippen LogP contribution in [-0.4, -0.2) is 18.6 Å². The zero-order valence-corrected chi connectivity index (χ0v) is 13.7. The van der Waals surface area contributed by atoms with Crippen molar-refractivity contribution in [1.82, 2.24) is 0 Å². The SMILES string of the molecule is CCOC(=O)[C@H]1CCCC[C@@H]1[NH2+][C@@H](C)c1ccccc1.[Cl-]. The summed E-state index contributed by atoms with van der Waals surface area (Å²) in [5.74, 6) is 0.0589. The predicted molar refractivity (Wildman–Crippen MR) is 79.2 cm³/mol. The molecular formula is C17H26ClNO2. The smallest absolute Gasteiger partial charge is 0.314 e. The molecule has 1 aromatic rings. The third-order valence-electron chi connectivity index (χ3n) is 4.27. The van der Waals surface area contributed by atoms with E-state index in [1.807, 2.05) is 13.0 Å². The maximum atomic E-state index is 12.1. The average Bonchev–Trinajstić information content (AvgIpc) is 2.49. The van der Waals surface area contributed by atoms with Crippen LogP contribution in [0.2, 0.25) is 0 Å². The number of carbonyl (C=O) groups is 1. The first kappa shape index (κ1) is 18.0. The molecule has 0 heterocycles. The van der Waals surface area contributed by atoms with Gasteiger partial charge in [-0.2, -0.15) is 0 Å². The van der Waals surface area contributed by atoms with E-state index < -0.39 is 0 Å². The highest BCUT2D eigenvalue weighted by Gasteiger charge is 2.35. The molecule has 3 atom stereocenters. The zero-order chi connectivity index (χ0) is 14.4. The first-order valence-corrected chi connectivity index (χ1v) is 7.79. The molecule has 3 nitrogen and oxygen atoms in total. The van der Waals surface area contributed by atoms with Crippen molar-refractivity contribution in [3.8, 4) is 0 Å². The second-order valence-electron chi connectivity index (χ2n) is 5.70. The van der Waals surface area contributed by atoms with Crippen molar-refractivity contribution in [2.75, 3.05) is 6.61 Å². The molecule has 0 amide bonds. The van der Waals surface area contributed by atoms with Gasteiger partial charge >= 0.3 is 5.97 Å². The molecular weight excluding hydrogens is 286 g/mol. The third kappa shape index (κ3) is 5.01. The van der Waals surface area contributed by atoms with Crippen molar-refractivity contribution in [2.24, 2.45) is 5.92 Å². The molecule has 0 aliphatic heterocycles. The molecule has 1 saturated carbocycles. The summed E-state index contributed by atoms with van der Waals surface area (Å²) < 4.78 is 5.24. The lowest BCUT2D eigenvalue weighted by molar-refractivity contribution is -0.731. The monoisotopic (exact) mass is 311 g/mol. The van der Waals surface area contributed by atoms with Crippen molar-refractivity contribution < 1.29 is 27.3 Å². The third-order valence-corrected chi connectivity index (χ3v) is 4.27. The van der Waals surface area contributed by atoms with Crippen LogP contribution in [0.25, 0.3) is 0 Å². The van der Waals surface area contributed by atoms with Gasteiger partial charge in [-0.3, -0.25) is 4.79 Å². The normalized spacial score (nSPS) is 23.0. The second-order valence-corrected chi connectivity index (χ2v) is 5.70. The second kappa shape index (κ2) is 9.06. The van der Waals surface area contributed by atoms with Crippen LogP contribution in [0, 0.1) is 5.92 Å². The van der Waals surface area contributed by atoms with Crippen LogP contribution in [-0.2, 0) is 9.53 Å². The molecule has 0 spiro atoms. The Balaban J connectivity index is 0.00000220. The highest BCUT2D eigenvalue weighted by atomic mass is 35.5. The standard InChI is InChI=1S/C17H25NO2.ClH/c1-3-20-17(19)15-11-7-8-12-16(15)18-13(2)14-9-5-4-6-10-14;/h4-6,9-10,13,15-16,18H,3,7-8,11-12H2,1-2H3;1H/t13-,15-,16-;/m0./s1. The van der Waals surface area contributed by atoms with E-state index in [2.05, 4.69) is 36.5 Å². The van der Waals surface area contributed by atoms with E-state index in [9.17, 15) is 4.79 Å². The first-order chi connectivity index (χ1) is 9.72. The number of hydrogen-bond acceptors (Lipinski definition) is 2. The highest BCUT2D eigenvalue weighted by Crippen LogP contribution is 2.24. The first-order valence-electron chi connectivity index (χ1n) is 7.79. The van der Waals surface area contributed by atoms with Crippen LogP contribution in [0.4, 0.5) is 0 Å². The van der Waals surface area contributed by atoms with Crippen LogP contribution in [0.3, 0.4) is 0 Å². The number of benzene rings is 1. The lowest BCUT2D eigenvalue weighted by Gasteiger charge is -2.30. The van der Waals surface area contributed by atoms with Crippen LogP contribution in [0.5, 0.6) is 0 Å². The molecule has 118 valence electrons. The highest BCUT2D eigenvalue weighted by molar-refractivity contribution is 5.73. The van der Waals surface area contributed by atoms with Gasteiger partial charge in [-0.25, -0.2) is 0 Å². The number of quaternary nitrogens is 1. The van der Waals surface area contributed by atoms with Gasteiger partial charge in [-0.15, -0.1) is 0 Å². The lowest BCUT2D eigenvalue weighted by atomic mass is 9.84. The van der Waals surface area contributed by atoms with E-state index >= 15 is 0 Å². The minimum atomic E-state index is -0.00582. The number of esters is 1. The molecule has 1 aromatic carbocycles. The maximum absolute atomic E-state index is 12.1. The number of carbonyl (C=O) groups excluding carboxylic acids is 1. The number of ether oxygens (including phenoxy) is 1. The van der Waals surface area contributed by atoms with Gasteiger partial charge in [0.15, 0.2) is 0 Å². The number of halogens is 1. The lowest BCUT2D eigenvalue weighted by Crippen LogP contribution is -3.00. The van der Waals surface area contributed by atoms with Crippen molar-refractivity contribution in [2.45, 2.75) is 51.6 Å². The Morgan fingerprint density at radius 3 is 2.62 bits per heavy atom. The van der Waals surface area contributed by atoms with Gasteiger partial charge < -0.3 is 22.5 Å². The fraction of sp³-hybridized carbons (Fsp3) is 0.588. The van der Waals surface area contributed by atoms with Crippen molar-refractivity contribution >= 4 is 5.97 Å². The van der Waals surface area contributed by atoms with Crippen LogP contribution >= 0.6 is 0 Å². The van der Waals surface area contributed by atoms with Gasteiger partial charge in [0.25, 0.3) is 0 Å². The summed E-state index contributed by atoms with van der Waals surface area (Å²) in [5, 5.41) is 2.36. The molecule has 0 bridgehead atoms. The molecule has 1 aliphatic rings. The molecule has 21 heavy (non-hydrogen) atoms. The summed E-state index contributed by atoms with van der Waals surface area (Å²) in [6.45, 7) is 4.58. The van der Waals surface area contributed by atoms with E-state index in [-0.39, 0.29) is 24.3 Å². The van der Waals surface area contributed by atoms with Gasteiger partial charge in [-0.05, 0) is 26.7 Å². The minimum Gasteiger partial charge on any atom is -1.00 e. The summed E-state index contributed by atoms with van der Waals surface area (Å²) in [5.41, 5.74) is 1.32. The largest absolute Gasteiger partial charge is 1.00 e. The molecule has 0 unspecified atom stereocenters. The summed E-state index contributed by atoms with van der Waals surface area (Å²) in [7, 11) is 0.